The van der Waals surface area contributed by atoms with Crippen molar-refractivity contribution >= 4 is 45.1 Å². The van der Waals surface area contributed by atoms with Crippen LogP contribution >= 0.6 is 11.6 Å². The zero-order valence-electron chi connectivity index (χ0n) is 18.1. The van der Waals surface area contributed by atoms with Crippen molar-refractivity contribution < 1.29 is 23.4 Å². The summed E-state index contributed by atoms with van der Waals surface area (Å²) in [4.78, 5) is 25.5. The normalized spacial score (nSPS) is 20.0. The molecule has 5 heterocycles. The summed E-state index contributed by atoms with van der Waals surface area (Å²) in [7, 11) is 0. The van der Waals surface area contributed by atoms with Gasteiger partial charge in [0.25, 0.3) is 5.91 Å². The average molecular weight is 482 g/mol. The lowest BCUT2D eigenvalue weighted by Crippen LogP contribution is -2.34. The fourth-order valence-corrected chi connectivity index (χ4v) is 4.27. The minimum atomic E-state index is -0.243. The first-order valence-corrected chi connectivity index (χ1v) is 11.3. The monoisotopic (exact) mass is 481 g/mol. The number of carbonyl (C=O) groups is 1. The molecule has 0 spiro atoms. The first-order valence-electron chi connectivity index (χ1n) is 10.9. The van der Waals surface area contributed by atoms with Crippen LogP contribution < -0.4 is 20.1 Å². The van der Waals surface area contributed by atoms with Crippen molar-refractivity contribution in [1.82, 2.24) is 20.3 Å². The van der Waals surface area contributed by atoms with Crippen molar-refractivity contribution in [1.29, 1.82) is 0 Å². The van der Waals surface area contributed by atoms with Gasteiger partial charge in [-0.05, 0) is 25.1 Å². The van der Waals surface area contributed by atoms with Crippen LogP contribution in [0.5, 0.6) is 17.8 Å². The topological polar surface area (TPSA) is 121 Å². The minimum absolute atomic E-state index is 0.0204. The van der Waals surface area contributed by atoms with Gasteiger partial charge in [-0.1, -0.05) is 11.6 Å². The number of aromatic nitrogens is 3. The van der Waals surface area contributed by atoms with Crippen LogP contribution in [0.25, 0.3) is 21.9 Å². The number of furan rings is 1. The van der Waals surface area contributed by atoms with Crippen LogP contribution in [0.1, 0.15) is 23.9 Å². The number of ether oxygens (including phenoxy) is 3. The maximum absolute atomic E-state index is 12.5. The maximum Gasteiger partial charge on any atom is 0.321 e. The average Bonchev–Trinajstić information content (AvgIpc) is 3.42. The summed E-state index contributed by atoms with van der Waals surface area (Å²) in [6.45, 7) is 3.64. The molecule has 1 fully saturated rings. The number of benzene rings is 1. The van der Waals surface area contributed by atoms with Crippen molar-refractivity contribution in [2.75, 3.05) is 25.1 Å². The summed E-state index contributed by atoms with van der Waals surface area (Å²) in [6, 6.07) is 8.80. The van der Waals surface area contributed by atoms with Gasteiger partial charge in [0, 0.05) is 36.5 Å². The van der Waals surface area contributed by atoms with Crippen LogP contribution in [0.3, 0.4) is 0 Å². The van der Waals surface area contributed by atoms with Crippen LogP contribution in [0.2, 0.25) is 5.15 Å². The van der Waals surface area contributed by atoms with E-state index < -0.39 is 0 Å². The second kappa shape index (κ2) is 8.30. The lowest BCUT2D eigenvalue weighted by Gasteiger charge is -2.11. The smallest absolute Gasteiger partial charge is 0.321 e. The summed E-state index contributed by atoms with van der Waals surface area (Å²) >= 11 is 6.14. The number of pyridine rings is 1. The van der Waals surface area contributed by atoms with Crippen molar-refractivity contribution in [3.63, 3.8) is 0 Å². The van der Waals surface area contributed by atoms with Gasteiger partial charge in [0.15, 0.2) is 0 Å². The molecule has 1 amide bonds. The Morgan fingerprint density at radius 2 is 2.06 bits per heavy atom. The molecule has 0 saturated carbocycles. The highest BCUT2D eigenvalue weighted by Crippen LogP contribution is 2.38. The van der Waals surface area contributed by atoms with E-state index >= 15 is 0 Å². The van der Waals surface area contributed by atoms with Gasteiger partial charge in [-0.25, -0.2) is 4.98 Å². The molecule has 1 saturated heterocycles. The number of hydrogen-bond acceptors (Lipinski definition) is 9. The number of amides is 1. The maximum atomic E-state index is 12.5. The third kappa shape index (κ3) is 3.84. The Hall–Kier alpha value is -3.63. The van der Waals surface area contributed by atoms with E-state index in [0.29, 0.717) is 42.4 Å². The molecule has 0 radical (unpaired) electrons. The van der Waals surface area contributed by atoms with E-state index in [-0.39, 0.29) is 40.9 Å². The first-order chi connectivity index (χ1) is 16.5. The summed E-state index contributed by atoms with van der Waals surface area (Å²) in [5, 5.41) is 8.06. The molecular formula is C23H20ClN5O5. The molecule has 34 heavy (non-hydrogen) atoms. The molecule has 174 valence electrons. The fourth-order valence-electron chi connectivity index (χ4n) is 4.11. The number of nitrogens with zero attached hydrogens (tertiary/aromatic N) is 3. The van der Waals surface area contributed by atoms with Gasteiger partial charge in [0.2, 0.25) is 17.5 Å². The van der Waals surface area contributed by atoms with Gasteiger partial charge in [0.05, 0.1) is 29.8 Å². The largest absolute Gasteiger partial charge is 0.457 e. The van der Waals surface area contributed by atoms with Crippen LogP contribution in [0, 0.1) is 0 Å². The number of anilines is 1. The van der Waals surface area contributed by atoms with E-state index in [2.05, 4.69) is 25.6 Å². The third-order valence-electron chi connectivity index (χ3n) is 5.69. The SMILES string of the molecule is C[C@@H]1CNc2c(oc3ccc4nc(Oc5cc(Cl)nc(O[C@H]6CCOC6)n5)ccc4c23)C(=O)N1. The van der Waals surface area contributed by atoms with Crippen LogP contribution in [-0.4, -0.2) is 52.8 Å². The molecule has 10 nitrogen and oxygen atoms in total. The van der Waals surface area contributed by atoms with Gasteiger partial charge < -0.3 is 29.3 Å². The Labute approximate surface area is 198 Å². The molecule has 0 bridgehead atoms. The van der Waals surface area contributed by atoms with E-state index in [9.17, 15) is 4.79 Å². The predicted octanol–water partition coefficient (Wildman–Crippen LogP) is 3.93. The van der Waals surface area contributed by atoms with Gasteiger partial charge >= 0.3 is 6.01 Å². The van der Waals surface area contributed by atoms with Crippen molar-refractivity contribution in [2.45, 2.75) is 25.5 Å². The second-order valence-electron chi connectivity index (χ2n) is 8.23. The Bertz CT molecular complexity index is 1420. The molecule has 3 aromatic heterocycles. The highest BCUT2D eigenvalue weighted by Gasteiger charge is 2.26. The zero-order valence-corrected chi connectivity index (χ0v) is 18.9. The van der Waals surface area contributed by atoms with Crippen molar-refractivity contribution in [3.05, 3.63) is 41.2 Å². The molecule has 4 aromatic rings. The number of rotatable bonds is 4. The molecule has 1 aromatic carbocycles. The summed E-state index contributed by atoms with van der Waals surface area (Å²) in [5.74, 6) is 0.563. The molecule has 0 unspecified atom stereocenters. The number of nitrogens with one attached hydrogen (secondary N) is 2. The first kappa shape index (κ1) is 20.9. The van der Waals surface area contributed by atoms with E-state index in [4.69, 9.17) is 30.2 Å². The van der Waals surface area contributed by atoms with Gasteiger partial charge in [-0.15, -0.1) is 0 Å². The van der Waals surface area contributed by atoms with Crippen molar-refractivity contribution in [3.8, 4) is 17.8 Å². The Kier molecular flexibility index (Phi) is 5.11. The molecule has 6 rings (SSSR count). The van der Waals surface area contributed by atoms with Crippen LogP contribution in [0.4, 0.5) is 5.69 Å². The summed E-state index contributed by atoms with van der Waals surface area (Å²) in [6.07, 6.45) is 0.649. The quantitative estimate of drug-likeness (QED) is 0.417. The number of fused-ring (bicyclic) bond motifs is 5. The van der Waals surface area contributed by atoms with E-state index in [1.807, 2.05) is 19.1 Å². The molecule has 0 aliphatic carbocycles. The molecule has 2 N–H and O–H groups in total. The lowest BCUT2D eigenvalue weighted by molar-refractivity contribution is 0.0920. The summed E-state index contributed by atoms with van der Waals surface area (Å²) < 4.78 is 22.8. The van der Waals surface area contributed by atoms with Crippen LogP contribution in [0.15, 0.2) is 34.7 Å². The molecule has 2 atom stereocenters. The molecule has 2 aliphatic heterocycles. The Balaban J connectivity index is 1.33. The zero-order chi connectivity index (χ0) is 23.2. The molecular weight excluding hydrogens is 462 g/mol. The third-order valence-corrected chi connectivity index (χ3v) is 5.88. The van der Waals surface area contributed by atoms with Gasteiger partial charge in [-0.3, -0.25) is 4.79 Å². The highest BCUT2D eigenvalue weighted by atomic mass is 35.5. The lowest BCUT2D eigenvalue weighted by atomic mass is 10.1. The predicted molar refractivity (Wildman–Crippen MR) is 124 cm³/mol. The van der Waals surface area contributed by atoms with E-state index in [1.165, 1.54) is 6.07 Å². The molecule has 2 aliphatic rings. The Morgan fingerprint density at radius 3 is 2.91 bits per heavy atom. The number of halogens is 1. The second-order valence-corrected chi connectivity index (χ2v) is 8.62. The standard InChI is InChI=1S/C23H20ClN5O5/c1-11-9-25-20-19-13-2-5-17(27-14(13)3-4-15(19)33-21(20)22(30)26-11)34-18-8-16(24)28-23(29-18)32-12-6-7-31-10-12/h2-5,8,11-12,25H,6-7,9-10H2,1H3,(H,26,30)/t11-,12+/m1/s1. The highest BCUT2D eigenvalue weighted by molar-refractivity contribution is 6.29. The van der Waals surface area contributed by atoms with Crippen molar-refractivity contribution in [2.24, 2.45) is 0 Å². The van der Waals surface area contributed by atoms with Crippen LogP contribution in [-0.2, 0) is 4.74 Å². The van der Waals surface area contributed by atoms with Gasteiger partial charge in [0.1, 0.15) is 16.8 Å². The number of hydrogen-bond donors (Lipinski definition) is 2. The van der Waals surface area contributed by atoms with Gasteiger partial charge in [-0.2, -0.15) is 9.97 Å². The summed E-state index contributed by atoms with van der Waals surface area (Å²) in [5.41, 5.74) is 1.94. The van der Waals surface area contributed by atoms with E-state index in [0.717, 1.165) is 17.2 Å². The fraction of sp³-hybridized carbons (Fsp3) is 0.304. The minimum Gasteiger partial charge on any atom is -0.457 e. The Morgan fingerprint density at radius 1 is 1.15 bits per heavy atom. The molecule has 11 heteroatoms. The number of carbonyl (C=O) groups excluding carboxylic acids is 1. The van der Waals surface area contributed by atoms with E-state index in [1.54, 1.807) is 12.1 Å².